The number of amides is 2. The minimum Gasteiger partial charge on any atom is -0.448 e. The molecule has 2 aliphatic heterocycles. The summed E-state index contributed by atoms with van der Waals surface area (Å²) >= 11 is 0. The molecule has 2 heterocycles. The zero-order valence-electron chi connectivity index (χ0n) is 12.0. The quantitative estimate of drug-likeness (QED) is 0.867. The number of hydrogen-bond donors (Lipinski definition) is 2. The summed E-state index contributed by atoms with van der Waals surface area (Å²) < 4.78 is 4.85. The van der Waals surface area contributed by atoms with Gasteiger partial charge in [0.15, 0.2) is 0 Å². The number of anilines is 1. The lowest BCUT2D eigenvalue weighted by Crippen LogP contribution is -2.50. The van der Waals surface area contributed by atoms with Gasteiger partial charge in [0.2, 0.25) is 5.91 Å². The summed E-state index contributed by atoms with van der Waals surface area (Å²) in [5.41, 5.74) is 1.53. The molecule has 3 rings (SSSR count). The van der Waals surface area contributed by atoms with Gasteiger partial charge in [-0.1, -0.05) is 18.2 Å². The monoisotopic (exact) mass is 289 g/mol. The van der Waals surface area contributed by atoms with Crippen LogP contribution in [-0.4, -0.2) is 48.7 Å². The molecule has 6 nitrogen and oxygen atoms in total. The fraction of sp³-hybridized carbons (Fsp3) is 0.467. The summed E-state index contributed by atoms with van der Waals surface area (Å²) in [6.07, 6.45) is 0.364. The number of benzene rings is 1. The van der Waals surface area contributed by atoms with Crippen molar-refractivity contribution >= 4 is 17.7 Å². The molecule has 0 aliphatic carbocycles. The van der Waals surface area contributed by atoms with Gasteiger partial charge in [-0.05, 0) is 18.6 Å². The average molecular weight is 289 g/mol. The zero-order valence-corrected chi connectivity index (χ0v) is 12.0. The molecule has 1 aromatic carbocycles. The molecule has 21 heavy (non-hydrogen) atoms. The van der Waals surface area contributed by atoms with E-state index < -0.39 is 5.54 Å². The van der Waals surface area contributed by atoms with E-state index in [1.807, 2.05) is 31.2 Å². The zero-order chi connectivity index (χ0) is 14.9. The van der Waals surface area contributed by atoms with Crippen LogP contribution in [0.1, 0.15) is 12.5 Å². The summed E-state index contributed by atoms with van der Waals surface area (Å²) in [4.78, 5) is 25.3. The number of hydrogen-bond acceptors (Lipinski definition) is 4. The van der Waals surface area contributed by atoms with Gasteiger partial charge < -0.3 is 20.3 Å². The highest BCUT2D eigenvalue weighted by molar-refractivity contribution is 5.91. The lowest BCUT2D eigenvalue weighted by molar-refractivity contribution is -0.124. The molecule has 0 radical (unpaired) electrons. The van der Waals surface area contributed by atoms with Crippen molar-refractivity contribution in [2.45, 2.75) is 18.9 Å². The molecular weight excluding hydrogens is 270 g/mol. The molecule has 1 aromatic rings. The number of nitrogens with zero attached hydrogens (tertiary/aromatic N) is 1. The summed E-state index contributed by atoms with van der Waals surface area (Å²) in [7, 11) is 0. The molecule has 6 heteroatoms. The SMILES string of the molecule is CC1(C(=O)NCCN2CCOC2=O)Cc2ccccc2N1. The predicted molar refractivity (Wildman–Crippen MR) is 78.1 cm³/mol. The number of cyclic esters (lactones) is 1. The first-order valence-electron chi connectivity index (χ1n) is 7.15. The third kappa shape index (κ3) is 2.66. The highest BCUT2D eigenvalue weighted by atomic mass is 16.6. The second-order valence-electron chi connectivity index (χ2n) is 5.65. The van der Waals surface area contributed by atoms with E-state index >= 15 is 0 Å². The third-order valence-corrected chi connectivity index (χ3v) is 3.99. The molecule has 0 bridgehead atoms. The third-order valence-electron chi connectivity index (χ3n) is 3.99. The molecule has 2 aliphatic rings. The molecule has 0 saturated carbocycles. The number of carbonyl (C=O) groups is 2. The summed E-state index contributed by atoms with van der Waals surface area (Å²) in [6.45, 7) is 3.83. The molecule has 0 aromatic heterocycles. The van der Waals surface area contributed by atoms with E-state index in [4.69, 9.17) is 4.74 Å². The van der Waals surface area contributed by atoms with Crippen molar-refractivity contribution in [3.63, 3.8) is 0 Å². The van der Waals surface area contributed by atoms with Crippen molar-refractivity contribution in [3.05, 3.63) is 29.8 Å². The Kier molecular flexibility index (Phi) is 3.45. The van der Waals surface area contributed by atoms with Crippen LogP contribution < -0.4 is 10.6 Å². The molecule has 1 fully saturated rings. The fourth-order valence-electron chi connectivity index (χ4n) is 2.78. The van der Waals surface area contributed by atoms with Gasteiger partial charge in [0.05, 0.1) is 6.54 Å². The highest BCUT2D eigenvalue weighted by Crippen LogP contribution is 2.31. The molecular formula is C15H19N3O3. The van der Waals surface area contributed by atoms with Crippen molar-refractivity contribution in [1.29, 1.82) is 0 Å². The van der Waals surface area contributed by atoms with Crippen molar-refractivity contribution in [2.24, 2.45) is 0 Å². The van der Waals surface area contributed by atoms with Gasteiger partial charge in [0, 0.05) is 25.2 Å². The molecule has 0 spiro atoms. The molecule has 112 valence electrons. The molecule has 2 amide bonds. The first-order valence-corrected chi connectivity index (χ1v) is 7.15. The van der Waals surface area contributed by atoms with Gasteiger partial charge in [0.1, 0.15) is 12.1 Å². The van der Waals surface area contributed by atoms with E-state index in [9.17, 15) is 9.59 Å². The van der Waals surface area contributed by atoms with Crippen molar-refractivity contribution < 1.29 is 14.3 Å². The Bertz CT molecular complexity index is 548. The Balaban J connectivity index is 1.53. The van der Waals surface area contributed by atoms with Crippen LogP contribution in [0, 0.1) is 0 Å². The van der Waals surface area contributed by atoms with Crippen LogP contribution in [0.5, 0.6) is 0 Å². The number of carbonyl (C=O) groups excluding carboxylic acids is 2. The van der Waals surface area contributed by atoms with Gasteiger partial charge in [0.25, 0.3) is 0 Å². The minimum absolute atomic E-state index is 0.0498. The highest BCUT2D eigenvalue weighted by Gasteiger charge is 2.38. The van der Waals surface area contributed by atoms with E-state index in [1.54, 1.807) is 4.90 Å². The Hall–Kier alpha value is -2.24. The Morgan fingerprint density at radius 1 is 1.48 bits per heavy atom. The first-order chi connectivity index (χ1) is 10.1. The van der Waals surface area contributed by atoms with Crippen LogP contribution in [0.2, 0.25) is 0 Å². The second kappa shape index (κ2) is 5.27. The van der Waals surface area contributed by atoms with Gasteiger partial charge in [-0.2, -0.15) is 0 Å². The Morgan fingerprint density at radius 3 is 3.00 bits per heavy atom. The lowest BCUT2D eigenvalue weighted by Gasteiger charge is -2.24. The number of para-hydroxylation sites is 1. The van der Waals surface area contributed by atoms with Crippen molar-refractivity contribution in [2.75, 3.05) is 31.6 Å². The standard InChI is InChI=1S/C15H19N3O3/c1-15(10-11-4-2-3-5-12(11)17-15)13(19)16-6-7-18-8-9-21-14(18)20/h2-5,17H,6-10H2,1H3,(H,16,19). The fourth-order valence-corrected chi connectivity index (χ4v) is 2.78. The molecule has 1 atom stereocenters. The van der Waals surface area contributed by atoms with Gasteiger partial charge in [-0.3, -0.25) is 4.79 Å². The van der Waals surface area contributed by atoms with Crippen LogP contribution in [0.3, 0.4) is 0 Å². The summed E-state index contributed by atoms with van der Waals surface area (Å²) in [6, 6.07) is 7.94. The average Bonchev–Trinajstić information content (AvgIpc) is 3.02. The lowest BCUT2D eigenvalue weighted by atomic mass is 9.96. The Labute approximate surface area is 123 Å². The number of fused-ring (bicyclic) bond motifs is 1. The van der Waals surface area contributed by atoms with Crippen LogP contribution in [0.15, 0.2) is 24.3 Å². The minimum atomic E-state index is -0.630. The van der Waals surface area contributed by atoms with Crippen LogP contribution >= 0.6 is 0 Å². The maximum Gasteiger partial charge on any atom is 0.409 e. The molecule has 2 N–H and O–H groups in total. The van der Waals surface area contributed by atoms with E-state index in [2.05, 4.69) is 10.6 Å². The van der Waals surface area contributed by atoms with Crippen molar-refractivity contribution in [1.82, 2.24) is 10.2 Å². The topological polar surface area (TPSA) is 70.7 Å². The first kappa shape index (κ1) is 13.7. The van der Waals surface area contributed by atoms with E-state index in [1.165, 1.54) is 0 Å². The normalized spacial score (nSPS) is 23.5. The summed E-state index contributed by atoms with van der Waals surface area (Å²) in [5, 5.41) is 6.18. The van der Waals surface area contributed by atoms with Crippen LogP contribution in [0.25, 0.3) is 0 Å². The molecule has 1 unspecified atom stereocenters. The maximum atomic E-state index is 12.4. The number of ether oxygens (including phenoxy) is 1. The van der Waals surface area contributed by atoms with Gasteiger partial charge in [-0.15, -0.1) is 0 Å². The van der Waals surface area contributed by atoms with E-state index in [-0.39, 0.29) is 12.0 Å². The van der Waals surface area contributed by atoms with E-state index in [0.29, 0.717) is 32.7 Å². The number of nitrogens with one attached hydrogen (secondary N) is 2. The van der Waals surface area contributed by atoms with E-state index in [0.717, 1.165) is 11.3 Å². The van der Waals surface area contributed by atoms with Crippen LogP contribution in [0.4, 0.5) is 10.5 Å². The number of rotatable bonds is 4. The second-order valence-corrected chi connectivity index (χ2v) is 5.65. The van der Waals surface area contributed by atoms with Crippen molar-refractivity contribution in [3.8, 4) is 0 Å². The molecule has 1 saturated heterocycles. The smallest absolute Gasteiger partial charge is 0.409 e. The predicted octanol–water partition coefficient (Wildman–Crippen LogP) is 0.982. The van der Waals surface area contributed by atoms with Crippen LogP contribution in [-0.2, 0) is 16.0 Å². The summed E-state index contributed by atoms with van der Waals surface area (Å²) in [5.74, 6) is -0.0498. The van der Waals surface area contributed by atoms with Gasteiger partial charge in [-0.25, -0.2) is 4.79 Å². The van der Waals surface area contributed by atoms with Gasteiger partial charge >= 0.3 is 6.09 Å². The largest absolute Gasteiger partial charge is 0.448 e. The Morgan fingerprint density at radius 2 is 2.29 bits per heavy atom. The maximum absolute atomic E-state index is 12.4.